The number of likely N-dealkylation sites (N-methyl/N-ethyl adjacent to an activating group) is 1. The minimum atomic E-state index is -2.79. The molecule has 0 bridgehead atoms. The minimum Gasteiger partial charge on any atom is -0.435 e. The van der Waals surface area contributed by atoms with Crippen LogP contribution in [-0.4, -0.2) is 56.2 Å². The van der Waals surface area contributed by atoms with Gasteiger partial charge >= 0.3 is 6.61 Å². The zero-order chi connectivity index (χ0) is 15.4. The summed E-state index contributed by atoms with van der Waals surface area (Å²) in [6.45, 7) is -0.306. The van der Waals surface area contributed by atoms with Gasteiger partial charge in [-0.15, -0.1) is 0 Å². The number of halogens is 2. The molecule has 0 radical (unpaired) electrons. The summed E-state index contributed by atoms with van der Waals surface area (Å²) < 4.78 is 28.7. The maximum atomic E-state index is 12.2. The Morgan fingerprint density at radius 1 is 1.33 bits per heavy atom. The molecule has 0 spiro atoms. The lowest BCUT2D eigenvalue weighted by Gasteiger charge is -2.28. The van der Waals surface area contributed by atoms with Crippen LogP contribution in [0.1, 0.15) is 18.0 Å². The molecular formula is C15H23F2N3O. The molecule has 1 aromatic rings. The van der Waals surface area contributed by atoms with Gasteiger partial charge in [0, 0.05) is 31.7 Å². The fourth-order valence-electron chi connectivity index (χ4n) is 2.84. The molecule has 4 nitrogen and oxygen atoms in total. The summed E-state index contributed by atoms with van der Waals surface area (Å²) in [4.78, 5) is 4.58. The van der Waals surface area contributed by atoms with Crippen molar-refractivity contribution < 1.29 is 13.5 Å². The maximum Gasteiger partial charge on any atom is 0.387 e. The Morgan fingerprint density at radius 2 is 2.00 bits per heavy atom. The van der Waals surface area contributed by atoms with Crippen LogP contribution in [0.15, 0.2) is 24.3 Å². The Hall–Kier alpha value is -1.24. The van der Waals surface area contributed by atoms with E-state index in [9.17, 15) is 8.78 Å². The highest BCUT2D eigenvalue weighted by Gasteiger charge is 2.29. The van der Waals surface area contributed by atoms with E-state index < -0.39 is 6.61 Å². The monoisotopic (exact) mass is 299 g/mol. The van der Waals surface area contributed by atoms with E-state index in [1.165, 1.54) is 0 Å². The lowest BCUT2D eigenvalue weighted by atomic mass is 10.1. The number of alkyl halides is 2. The smallest absolute Gasteiger partial charge is 0.387 e. The Morgan fingerprint density at radius 3 is 2.48 bits per heavy atom. The fraction of sp³-hybridized carbons (Fsp3) is 0.600. The van der Waals surface area contributed by atoms with E-state index >= 15 is 0 Å². The first-order valence-electron chi connectivity index (χ1n) is 7.16. The van der Waals surface area contributed by atoms with Gasteiger partial charge in [-0.3, -0.25) is 4.90 Å². The number of hydrogen-bond donors (Lipinski definition) is 1. The molecule has 1 heterocycles. The van der Waals surface area contributed by atoms with Crippen LogP contribution >= 0.6 is 0 Å². The molecule has 1 aliphatic rings. The second-order valence-corrected chi connectivity index (χ2v) is 5.60. The Bertz CT molecular complexity index is 439. The van der Waals surface area contributed by atoms with Gasteiger partial charge in [-0.05, 0) is 38.2 Å². The first-order chi connectivity index (χ1) is 10.0. The van der Waals surface area contributed by atoms with Crippen molar-refractivity contribution in [2.45, 2.75) is 25.1 Å². The summed E-state index contributed by atoms with van der Waals surface area (Å²) in [6, 6.07) is 7.44. The molecule has 0 aliphatic carbocycles. The molecule has 2 N–H and O–H groups in total. The summed E-state index contributed by atoms with van der Waals surface area (Å²) in [6.07, 6.45) is 1.12. The molecule has 6 heteroatoms. The van der Waals surface area contributed by atoms with Crippen molar-refractivity contribution >= 4 is 0 Å². The number of rotatable bonds is 6. The normalized spacial score (nSPS) is 21.2. The molecule has 2 unspecified atom stereocenters. The van der Waals surface area contributed by atoms with E-state index in [-0.39, 0.29) is 11.8 Å². The standard InChI is InChI=1S/C15H23F2N3O/c1-19(2)12-7-8-20(10-12)14(9-18)11-3-5-13(6-4-11)21-15(16)17/h3-6,12,14-15H,7-10,18H2,1-2H3. The summed E-state index contributed by atoms with van der Waals surface area (Å²) in [5.41, 5.74) is 6.96. The van der Waals surface area contributed by atoms with Crippen molar-refractivity contribution in [1.29, 1.82) is 0 Å². The van der Waals surface area contributed by atoms with Gasteiger partial charge < -0.3 is 15.4 Å². The molecule has 1 fully saturated rings. The summed E-state index contributed by atoms with van der Waals surface area (Å²) in [5.74, 6) is 0.178. The summed E-state index contributed by atoms with van der Waals surface area (Å²) in [7, 11) is 4.17. The number of hydrogen-bond acceptors (Lipinski definition) is 4. The fourth-order valence-corrected chi connectivity index (χ4v) is 2.84. The van der Waals surface area contributed by atoms with Gasteiger partial charge in [0.15, 0.2) is 0 Å². The average Bonchev–Trinajstić information content (AvgIpc) is 2.91. The van der Waals surface area contributed by atoms with E-state index in [0.29, 0.717) is 12.6 Å². The SMILES string of the molecule is CN(C)C1CCN(C(CN)c2ccc(OC(F)F)cc2)C1. The van der Waals surface area contributed by atoms with E-state index in [4.69, 9.17) is 5.73 Å². The minimum absolute atomic E-state index is 0.121. The number of nitrogens with two attached hydrogens (primary N) is 1. The zero-order valence-corrected chi connectivity index (χ0v) is 12.5. The molecule has 1 saturated heterocycles. The lowest BCUT2D eigenvalue weighted by Crippen LogP contribution is -2.36. The van der Waals surface area contributed by atoms with Crippen LogP contribution in [0.5, 0.6) is 5.75 Å². The Kier molecular flexibility index (Phi) is 5.50. The first kappa shape index (κ1) is 16.1. The van der Waals surface area contributed by atoms with Crippen LogP contribution in [0.4, 0.5) is 8.78 Å². The van der Waals surface area contributed by atoms with Gasteiger partial charge in [0.2, 0.25) is 0 Å². The quantitative estimate of drug-likeness (QED) is 0.871. The largest absolute Gasteiger partial charge is 0.435 e. The highest BCUT2D eigenvalue weighted by atomic mass is 19.3. The van der Waals surface area contributed by atoms with Crippen molar-refractivity contribution in [3.05, 3.63) is 29.8 Å². The van der Waals surface area contributed by atoms with Gasteiger partial charge in [0.1, 0.15) is 5.75 Å². The van der Waals surface area contributed by atoms with Crippen LogP contribution in [0, 0.1) is 0 Å². The molecule has 21 heavy (non-hydrogen) atoms. The highest BCUT2D eigenvalue weighted by molar-refractivity contribution is 5.29. The van der Waals surface area contributed by atoms with Crippen LogP contribution in [-0.2, 0) is 0 Å². The number of benzene rings is 1. The third-order valence-electron chi connectivity index (χ3n) is 4.08. The molecule has 0 saturated carbocycles. The second kappa shape index (κ2) is 7.15. The van der Waals surface area contributed by atoms with E-state index in [2.05, 4.69) is 28.6 Å². The zero-order valence-electron chi connectivity index (χ0n) is 12.5. The van der Waals surface area contributed by atoms with Gasteiger partial charge in [-0.2, -0.15) is 8.78 Å². The molecule has 2 rings (SSSR count). The van der Waals surface area contributed by atoms with E-state index in [1.54, 1.807) is 12.1 Å². The van der Waals surface area contributed by atoms with Crippen molar-refractivity contribution in [2.75, 3.05) is 33.7 Å². The predicted molar refractivity (Wildman–Crippen MR) is 78.5 cm³/mol. The number of nitrogens with zero attached hydrogens (tertiary/aromatic N) is 2. The number of ether oxygens (including phenoxy) is 1. The van der Waals surface area contributed by atoms with Gasteiger partial charge in [-0.1, -0.05) is 12.1 Å². The van der Waals surface area contributed by atoms with E-state index in [0.717, 1.165) is 25.1 Å². The van der Waals surface area contributed by atoms with Gasteiger partial charge in [0.25, 0.3) is 0 Å². The highest BCUT2D eigenvalue weighted by Crippen LogP contribution is 2.27. The van der Waals surface area contributed by atoms with Gasteiger partial charge in [0.05, 0.1) is 0 Å². The average molecular weight is 299 g/mol. The molecule has 0 aromatic heterocycles. The number of likely N-dealkylation sites (tertiary alicyclic amines) is 1. The predicted octanol–water partition coefficient (Wildman–Crippen LogP) is 1.92. The van der Waals surface area contributed by atoms with Crippen LogP contribution in [0.25, 0.3) is 0 Å². The lowest BCUT2D eigenvalue weighted by molar-refractivity contribution is -0.0498. The molecule has 2 atom stereocenters. The van der Waals surface area contributed by atoms with Crippen LogP contribution in [0.2, 0.25) is 0 Å². The van der Waals surface area contributed by atoms with Crippen molar-refractivity contribution in [3.8, 4) is 5.75 Å². The van der Waals surface area contributed by atoms with Crippen molar-refractivity contribution in [2.24, 2.45) is 5.73 Å². The van der Waals surface area contributed by atoms with Crippen molar-refractivity contribution in [3.63, 3.8) is 0 Å². The third kappa shape index (κ3) is 4.12. The molecule has 0 amide bonds. The Balaban J connectivity index is 2.04. The molecule has 1 aliphatic heterocycles. The third-order valence-corrected chi connectivity index (χ3v) is 4.08. The summed E-state index contributed by atoms with van der Waals surface area (Å²) in [5, 5.41) is 0. The summed E-state index contributed by atoms with van der Waals surface area (Å²) >= 11 is 0. The second-order valence-electron chi connectivity index (χ2n) is 5.60. The molecular weight excluding hydrogens is 276 g/mol. The van der Waals surface area contributed by atoms with Gasteiger partial charge in [-0.25, -0.2) is 0 Å². The van der Waals surface area contributed by atoms with Crippen LogP contribution < -0.4 is 10.5 Å². The van der Waals surface area contributed by atoms with Crippen molar-refractivity contribution in [1.82, 2.24) is 9.80 Å². The molecule has 118 valence electrons. The van der Waals surface area contributed by atoms with Crippen LogP contribution in [0.3, 0.4) is 0 Å². The topological polar surface area (TPSA) is 41.7 Å². The molecule has 1 aromatic carbocycles. The maximum absolute atomic E-state index is 12.2. The van der Waals surface area contributed by atoms with E-state index in [1.807, 2.05) is 12.1 Å². The first-order valence-corrected chi connectivity index (χ1v) is 7.16. The Labute approximate surface area is 124 Å².